The molecule has 28 heavy (non-hydrogen) atoms. The first-order valence-corrected chi connectivity index (χ1v) is 10.6. The zero-order valence-corrected chi connectivity index (χ0v) is 17.7. The Balaban J connectivity index is 0.00000280. The Labute approximate surface area is 175 Å². The van der Waals surface area contributed by atoms with Crippen molar-refractivity contribution in [1.29, 1.82) is 0 Å². The topological polar surface area (TPSA) is 61.4 Å². The van der Waals surface area contributed by atoms with Crippen molar-refractivity contribution in [3.8, 4) is 0 Å². The minimum Gasteiger partial charge on any atom is -0.336 e. The van der Waals surface area contributed by atoms with Crippen molar-refractivity contribution in [2.75, 3.05) is 25.0 Å². The molecule has 2 amide bonds. The maximum Gasteiger partial charge on any atom is 0.254 e. The van der Waals surface area contributed by atoms with E-state index in [0.29, 0.717) is 11.6 Å². The van der Waals surface area contributed by atoms with E-state index in [1.165, 1.54) is 6.42 Å². The molecule has 1 heterocycles. The third-order valence-electron chi connectivity index (χ3n) is 5.83. The van der Waals surface area contributed by atoms with Crippen molar-refractivity contribution in [3.05, 3.63) is 29.8 Å². The molecule has 0 bridgehead atoms. The summed E-state index contributed by atoms with van der Waals surface area (Å²) >= 11 is 0. The molecule has 0 unspecified atom stereocenters. The van der Waals surface area contributed by atoms with Gasteiger partial charge in [0.25, 0.3) is 5.91 Å². The van der Waals surface area contributed by atoms with Crippen LogP contribution in [-0.4, -0.2) is 42.4 Å². The molecule has 1 aromatic rings. The lowest BCUT2D eigenvalue weighted by molar-refractivity contribution is -0.120. The monoisotopic (exact) mass is 407 g/mol. The first-order chi connectivity index (χ1) is 13.2. The van der Waals surface area contributed by atoms with Crippen LogP contribution in [0.3, 0.4) is 0 Å². The van der Waals surface area contributed by atoms with Gasteiger partial charge in [-0.15, -0.1) is 12.4 Å². The molecule has 1 saturated carbocycles. The van der Waals surface area contributed by atoms with Crippen LogP contribution in [0, 0.1) is 5.92 Å². The van der Waals surface area contributed by atoms with Gasteiger partial charge in [-0.25, -0.2) is 0 Å². The standard InChI is InChI=1S/C22H33N3O2.ClH/c1-2-15-25(20-11-13-23-14-12-20)22(27)18-9-6-10-19(16-18)24-21(26)17-7-4-3-5-8-17;/h6,9-10,16-17,20,23H,2-5,7-8,11-15H2,1H3,(H,24,26);1H. The summed E-state index contributed by atoms with van der Waals surface area (Å²) in [5.74, 6) is 0.296. The normalized spacial score (nSPS) is 18.2. The number of anilines is 1. The second-order valence-electron chi connectivity index (χ2n) is 7.88. The van der Waals surface area contributed by atoms with Crippen molar-refractivity contribution in [2.24, 2.45) is 5.92 Å². The minimum absolute atomic E-state index is 0. The first kappa shape index (κ1) is 22.7. The van der Waals surface area contributed by atoms with Crippen molar-refractivity contribution in [3.63, 3.8) is 0 Å². The van der Waals surface area contributed by atoms with Crippen LogP contribution in [0.5, 0.6) is 0 Å². The smallest absolute Gasteiger partial charge is 0.254 e. The predicted octanol–water partition coefficient (Wildman–Crippen LogP) is 4.23. The first-order valence-electron chi connectivity index (χ1n) is 10.6. The largest absolute Gasteiger partial charge is 0.336 e. The zero-order chi connectivity index (χ0) is 19.1. The maximum absolute atomic E-state index is 13.2. The van der Waals surface area contributed by atoms with Gasteiger partial charge in [0.15, 0.2) is 0 Å². The van der Waals surface area contributed by atoms with Crippen molar-refractivity contribution < 1.29 is 9.59 Å². The van der Waals surface area contributed by atoms with Gasteiger partial charge >= 0.3 is 0 Å². The summed E-state index contributed by atoms with van der Waals surface area (Å²) in [7, 11) is 0. The van der Waals surface area contributed by atoms with Crippen LogP contribution in [0.2, 0.25) is 0 Å². The Bertz CT molecular complexity index is 640. The lowest BCUT2D eigenvalue weighted by atomic mass is 9.88. The fourth-order valence-electron chi connectivity index (χ4n) is 4.31. The van der Waals surface area contributed by atoms with Crippen LogP contribution in [0.25, 0.3) is 0 Å². The summed E-state index contributed by atoms with van der Waals surface area (Å²) in [6.45, 7) is 4.83. The molecule has 2 fully saturated rings. The Hall–Kier alpha value is -1.59. The number of hydrogen-bond donors (Lipinski definition) is 2. The molecular weight excluding hydrogens is 374 g/mol. The highest BCUT2D eigenvalue weighted by Gasteiger charge is 2.26. The van der Waals surface area contributed by atoms with Crippen LogP contribution >= 0.6 is 12.4 Å². The highest BCUT2D eigenvalue weighted by atomic mass is 35.5. The lowest BCUT2D eigenvalue weighted by Crippen LogP contribution is -2.46. The second-order valence-corrected chi connectivity index (χ2v) is 7.88. The van der Waals surface area contributed by atoms with Gasteiger partial charge in [0, 0.05) is 29.8 Å². The van der Waals surface area contributed by atoms with Gasteiger partial charge in [0.2, 0.25) is 5.91 Å². The number of amides is 2. The van der Waals surface area contributed by atoms with E-state index in [1.807, 2.05) is 29.2 Å². The average molecular weight is 408 g/mol. The molecule has 0 radical (unpaired) electrons. The highest BCUT2D eigenvalue weighted by Crippen LogP contribution is 2.25. The second kappa shape index (κ2) is 11.4. The van der Waals surface area contributed by atoms with Crippen molar-refractivity contribution in [1.82, 2.24) is 10.2 Å². The van der Waals surface area contributed by atoms with Gasteiger partial charge < -0.3 is 15.5 Å². The van der Waals surface area contributed by atoms with Gasteiger partial charge in [-0.1, -0.05) is 32.3 Å². The van der Waals surface area contributed by atoms with Crippen molar-refractivity contribution >= 4 is 29.9 Å². The zero-order valence-electron chi connectivity index (χ0n) is 16.9. The van der Waals surface area contributed by atoms with Gasteiger partial charge in [-0.2, -0.15) is 0 Å². The molecule has 0 atom stereocenters. The van der Waals surface area contributed by atoms with E-state index in [4.69, 9.17) is 0 Å². The SMILES string of the molecule is CCCN(C(=O)c1cccc(NC(=O)C2CCCCC2)c1)C1CCNCC1.Cl. The lowest BCUT2D eigenvalue weighted by Gasteiger charge is -2.34. The number of nitrogens with zero attached hydrogens (tertiary/aromatic N) is 1. The average Bonchev–Trinajstić information content (AvgIpc) is 2.73. The van der Waals surface area contributed by atoms with E-state index >= 15 is 0 Å². The Morgan fingerprint density at radius 3 is 2.50 bits per heavy atom. The molecule has 1 saturated heterocycles. The number of carbonyl (C=O) groups excluding carboxylic acids is 2. The molecule has 2 N–H and O–H groups in total. The number of halogens is 1. The van der Waals surface area contributed by atoms with E-state index < -0.39 is 0 Å². The molecule has 156 valence electrons. The number of nitrogens with one attached hydrogen (secondary N) is 2. The summed E-state index contributed by atoms with van der Waals surface area (Å²) in [4.78, 5) is 27.7. The summed E-state index contributed by atoms with van der Waals surface area (Å²) in [5.41, 5.74) is 1.40. The number of piperidine rings is 1. The van der Waals surface area contributed by atoms with E-state index in [2.05, 4.69) is 17.6 Å². The van der Waals surface area contributed by atoms with Crippen LogP contribution in [0.4, 0.5) is 5.69 Å². The third-order valence-corrected chi connectivity index (χ3v) is 5.83. The van der Waals surface area contributed by atoms with E-state index in [9.17, 15) is 9.59 Å². The Morgan fingerprint density at radius 1 is 1.11 bits per heavy atom. The number of benzene rings is 1. The predicted molar refractivity (Wildman–Crippen MR) is 116 cm³/mol. The van der Waals surface area contributed by atoms with Gasteiger partial charge in [0.05, 0.1) is 0 Å². The molecule has 5 nitrogen and oxygen atoms in total. The number of carbonyl (C=O) groups is 2. The summed E-state index contributed by atoms with van der Waals surface area (Å²) in [6, 6.07) is 7.76. The van der Waals surface area contributed by atoms with E-state index in [0.717, 1.165) is 70.3 Å². The van der Waals surface area contributed by atoms with Crippen LogP contribution < -0.4 is 10.6 Å². The molecule has 2 aliphatic rings. The Kier molecular flexibility index (Phi) is 9.26. The quantitative estimate of drug-likeness (QED) is 0.741. The number of hydrogen-bond acceptors (Lipinski definition) is 3. The third kappa shape index (κ3) is 5.95. The van der Waals surface area contributed by atoms with Gasteiger partial charge in [-0.05, 0) is 63.4 Å². The molecule has 1 aliphatic heterocycles. The molecule has 1 aromatic carbocycles. The fourth-order valence-corrected chi connectivity index (χ4v) is 4.31. The van der Waals surface area contributed by atoms with Crippen LogP contribution in [-0.2, 0) is 4.79 Å². The molecule has 1 aliphatic carbocycles. The summed E-state index contributed by atoms with van der Waals surface area (Å²) in [6.07, 6.45) is 8.42. The minimum atomic E-state index is 0. The summed E-state index contributed by atoms with van der Waals surface area (Å²) in [5, 5.41) is 6.40. The Morgan fingerprint density at radius 2 is 1.82 bits per heavy atom. The van der Waals surface area contributed by atoms with Gasteiger partial charge in [-0.3, -0.25) is 9.59 Å². The molecule has 3 rings (SSSR count). The molecule has 6 heteroatoms. The summed E-state index contributed by atoms with van der Waals surface area (Å²) < 4.78 is 0. The van der Waals surface area contributed by atoms with Crippen LogP contribution in [0.1, 0.15) is 68.6 Å². The molecule has 0 spiro atoms. The van der Waals surface area contributed by atoms with Crippen LogP contribution in [0.15, 0.2) is 24.3 Å². The van der Waals surface area contributed by atoms with Gasteiger partial charge in [0.1, 0.15) is 0 Å². The number of rotatable bonds is 6. The molecule has 0 aromatic heterocycles. The molecular formula is C22H34ClN3O2. The maximum atomic E-state index is 13.2. The van der Waals surface area contributed by atoms with E-state index in [-0.39, 0.29) is 30.1 Å². The van der Waals surface area contributed by atoms with Crippen molar-refractivity contribution in [2.45, 2.75) is 64.3 Å². The van der Waals surface area contributed by atoms with E-state index in [1.54, 1.807) is 0 Å². The highest BCUT2D eigenvalue weighted by molar-refractivity contribution is 5.97. The fraction of sp³-hybridized carbons (Fsp3) is 0.636.